The SMILES string of the molecule is CC(C)(C(=O)c1ccccc1)c1sc(Br)nc1Br. The highest BCUT2D eigenvalue weighted by molar-refractivity contribution is 9.11. The van der Waals surface area contributed by atoms with Gasteiger partial charge in [-0.2, -0.15) is 0 Å². The molecule has 0 saturated carbocycles. The molecule has 18 heavy (non-hydrogen) atoms. The number of carbonyl (C=O) groups is 1. The van der Waals surface area contributed by atoms with Crippen LogP contribution in [-0.4, -0.2) is 10.8 Å². The van der Waals surface area contributed by atoms with Crippen LogP contribution in [0.2, 0.25) is 0 Å². The van der Waals surface area contributed by atoms with Crippen molar-refractivity contribution in [2.45, 2.75) is 19.3 Å². The first-order valence-electron chi connectivity index (χ1n) is 5.35. The highest BCUT2D eigenvalue weighted by atomic mass is 79.9. The first-order chi connectivity index (χ1) is 8.43. The van der Waals surface area contributed by atoms with Gasteiger partial charge in [0.15, 0.2) is 9.70 Å². The molecular formula is C13H11Br2NOS. The van der Waals surface area contributed by atoms with E-state index in [1.807, 2.05) is 44.2 Å². The summed E-state index contributed by atoms with van der Waals surface area (Å²) in [5.74, 6) is 0.0972. The second kappa shape index (κ2) is 5.23. The Labute approximate surface area is 127 Å². The summed E-state index contributed by atoms with van der Waals surface area (Å²) < 4.78 is 1.51. The lowest BCUT2D eigenvalue weighted by Crippen LogP contribution is -2.28. The van der Waals surface area contributed by atoms with Crippen molar-refractivity contribution in [3.8, 4) is 0 Å². The average Bonchev–Trinajstić information content (AvgIpc) is 2.69. The topological polar surface area (TPSA) is 30.0 Å². The van der Waals surface area contributed by atoms with Crippen molar-refractivity contribution in [2.75, 3.05) is 0 Å². The number of hydrogen-bond acceptors (Lipinski definition) is 3. The average molecular weight is 389 g/mol. The minimum Gasteiger partial charge on any atom is -0.293 e. The van der Waals surface area contributed by atoms with Crippen LogP contribution in [0.5, 0.6) is 0 Å². The summed E-state index contributed by atoms with van der Waals surface area (Å²) in [6.07, 6.45) is 0. The van der Waals surface area contributed by atoms with Gasteiger partial charge in [-0.05, 0) is 45.7 Å². The molecule has 5 heteroatoms. The van der Waals surface area contributed by atoms with Crippen LogP contribution >= 0.6 is 43.2 Å². The predicted octanol–water partition coefficient (Wildman–Crippen LogP) is 4.83. The van der Waals surface area contributed by atoms with Gasteiger partial charge in [0.05, 0.1) is 10.3 Å². The molecule has 0 N–H and O–H groups in total. The van der Waals surface area contributed by atoms with Crippen LogP contribution in [0.15, 0.2) is 38.9 Å². The Bertz CT molecular complexity index is 578. The van der Waals surface area contributed by atoms with Crippen LogP contribution in [0, 0.1) is 0 Å². The molecule has 0 fully saturated rings. The smallest absolute Gasteiger partial charge is 0.173 e. The van der Waals surface area contributed by atoms with E-state index in [-0.39, 0.29) is 5.78 Å². The summed E-state index contributed by atoms with van der Waals surface area (Å²) in [7, 11) is 0. The molecule has 0 saturated heterocycles. The molecule has 0 atom stereocenters. The van der Waals surface area contributed by atoms with Crippen molar-refractivity contribution >= 4 is 49.0 Å². The van der Waals surface area contributed by atoms with Crippen LogP contribution in [0.4, 0.5) is 0 Å². The second-order valence-electron chi connectivity index (χ2n) is 4.41. The number of benzene rings is 1. The fourth-order valence-corrected chi connectivity index (χ4v) is 4.43. The summed E-state index contributed by atoms with van der Waals surface area (Å²) in [5.41, 5.74) is 0.128. The standard InChI is InChI=1S/C13H11Br2NOS/c1-13(2,10-11(14)16-12(15)18-10)9(17)8-6-4-3-5-7-8/h3-7H,1-2H3. The largest absolute Gasteiger partial charge is 0.293 e. The maximum absolute atomic E-state index is 12.6. The zero-order valence-electron chi connectivity index (χ0n) is 9.91. The first-order valence-corrected chi connectivity index (χ1v) is 7.75. The van der Waals surface area contributed by atoms with E-state index < -0.39 is 5.41 Å². The lowest BCUT2D eigenvalue weighted by Gasteiger charge is -2.21. The lowest BCUT2D eigenvalue weighted by atomic mass is 9.83. The monoisotopic (exact) mass is 387 g/mol. The molecule has 2 rings (SSSR count). The molecule has 94 valence electrons. The molecule has 0 bridgehead atoms. The van der Waals surface area contributed by atoms with Crippen molar-refractivity contribution in [3.05, 3.63) is 49.3 Å². The highest BCUT2D eigenvalue weighted by Gasteiger charge is 2.34. The fraction of sp³-hybridized carbons (Fsp3) is 0.231. The molecule has 1 heterocycles. The summed E-state index contributed by atoms with van der Waals surface area (Å²) in [6, 6.07) is 9.34. The number of rotatable bonds is 3. The Balaban J connectivity index is 2.43. The van der Waals surface area contributed by atoms with Crippen LogP contribution < -0.4 is 0 Å². The van der Waals surface area contributed by atoms with E-state index in [1.165, 1.54) is 11.3 Å². The van der Waals surface area contributed by atoms with Crippen LogP contribution in [0.3, 0.4) is 0 Å². The number of aromatic nitrogens is 1. The number of ketones is 1. The number of thiazole rings is 1. The number of hydrogen-bond donors (Lipinski definition) is 0. The number of Topliss-reactive ketones (excluding diaryl/α,β-unsaturated/α-hetero) is 1. The molecule has 2 nitrogen and oxygen atoms in total. The van der Waals surface area contributed by atoms with E-state index >= 15 is 0 Å². The van der Waals surface area contributed by atoms with E-state index in [9.17, 15) is 4.79 Å². The van der Waals surface area contributed by atoms with Crippen molar-refractivity contribution < 1.29 is 4.79 Å². The molecule has 0 amide bonds. The van der Waals surface area contributed by atoms with Crippen LogP contribution in [0.1, 0.15) is 29.1 Å². The zero-order chi connectivity index (χ0) is 13.3. The summed E-state index contributed by atoms with van der Waals surface area (Å²) in [5, 5.41) is 0. The molecule has 1 aromatic heterocycles. The molecule has 0 unspecified atom stereocenters. The normalized spacial score (nSPS) is 11.6. The lowest BCUT2D eigenvalue weighted by molar-refractivity contribution is 0.0910. The van der Waals surface area contributed by atoms with Crippen molar-refractivity contribution in [3.63, 3.8) is 0 Å². The third-order valence-electron chi connectivity index (χ3n) is 2.73. The fourth-order valence-electron chi connectivity index (χ4n) is 1.72. The molecule has 1 aromatic carbocycles. The molecule has 0 aliphatic rings. The third-order valence-corrected chi connectivity index (χ3v) is 5.40. The first kappa shape index (κ1) is 13.9. The number of carbonyl (C=O) groups excluding carboxylic acids is 1. The van der Waals surface area contributed by atoms with E-state index in [0.29, 0.717) is 0 Å². The van der Waals surface area contributed by atoms with E-state index in [0.717, 1.165) is 19.0 Å². The van der Waals surface area contributed by atoms with Gasteiger partial charge in [-0.15, -0.1) is 11.3 Å². The van der Waals surface area contributed by atoms with Crippen LogP contribution in [0.25, 0.3) is 0 Å². The maximum Gasteiger partial charge on any atom is 0.173 e. The van der Waals surface area contributed by atoms with Gasteiger partial charge in [0.25, 0.3) is 0 Å². The minimum atomic E-state index is -0.593. The maximum atomic E-state index is 12.6. The molecule has 0 aliphatic carbocycles. The quantitative estimate of drug-likeness (QED) is 0.705. The van der Waals surface area contributed by atoms with Gasteiger partial charge in [-0.3, -0.25) is 4.79 Å². The van der Waals surface area contributed by atoms with Gasteiger partial charge in [0.1, 0.15) is 4.60 Å². The summed E-state index contributed by atoms with van der Waals surface area (Å²) in [6.45, 7) is 3.85. The van der Waals surface area contributed by atoms with Gasteiger partial charge in [-0.25, -0.2) is 4.98 Å². The van der Waals surface area contributed by atoms with E-state index in [2.05, 4.69) is 36.8 Å². The Morgan fingerprint density at radius 1 is 1.22 bits per heavy atom. The van der Waals surface area contributed by atoms with Crippen molar-refractivity contribution in [1.29, 1.82) is 0 Å². The molecule has 0 spiro atoms. The predicted molar refractivity (Wildman–Crippen MR) is 81.3 cm³/mol. The Kier molecular flexibility index (Phi) is 4.04. The van der Waals surface area contributed by atoms with Crippen molar-refractivity contribution in [2.24, 2.45) is 0 Å². The molecule has 0 aliphatic heterocycles. The Morgan fingerprint density at radius 2 is 1.83 bits per heavy atom. The Morgan fingerprint density at radius 3 is 2.33 bits per heavy atom. The molecule has 2 aromatic rings. The Hall–Kier alpha value is -0.520. The summed E-state index contributed by atoms with van der Waals surface area (Å²) in [4.78, 5) is 17.8. The van der Waals surface area contributed by atoms with Crippen molar-refractivity contribution in [1.82, 2.24) is 4.98 Å². The minimum absolute atomic E-state index is 0.0972. The summed E-state index contributed by atoms with van der Waals surface area (Å²) >= 11 is 8.24. The van der Waals surface area contributed by atoms with Gasteiger partial charge >= 0.3 is 0 Å². The van der Waals surface area contributed by atoms with Gasteiger partial charge in [0.2, 0.25) is 0 Å². The third kappa shape index (κ3) is 2.58. The van der Waals surface area contributed by atoms with E-state index in [4.69, 9.17) is 0 Å². The van der Waals surface area contributed by atoms with Gasteiger partial charge in [0, 0.05) is 5.56 Å². The van der Waals surface area contributed by atoms with Gasteiger partial charge < -0.3 is 0 Å². The zero-order valence-corrected chi connectivity index (χ0v) is 13.9. The van der Waals surface area contributed by atoms with Crippen LogP contribution in [-0.2, 0) is 5.41 Å². The van der Waals surface area contributed by atoms with Gasteiger partial charge in [-0.1, -0.05) is 30.3 Å². The second-order valence-corrected chi connectivity index (χ2v) is 7.43. The van der Waals surface area contributed by atoms with E-state index in [1.54, 1.807) is 0 Å². The highest BCUT2D eigenvalue weighted by Crippen LogP contribution is 2.38. The molecule has 0 radical (unpaired) electrons. The number of nitrogens with zero attached hydrogens (tertiary/aromatic N) is 1. The number of halogens is 2. The molecular weight excluding hydrogens is 378 g/mol.